The Morgan fingerprint density at radius 1 is 1.25 bits per heavy atom. The van der Waals surface area contributed by atoms with Crippen molar-refractivity contribution in [3.8, 4) is 11.8 Å². The van der Waals surface area contributed by atoms with Crippen LogP contribution in [-0.2, 0) is 7.05 Å². The molecule has 0 bridgehead atoms. The number of nitrogens with two attached hydrogens (primary N) is 1. The summed E-state index contributed by atoms with van der Waals surface area (Å²) in [6, 6.07) is 15.7. The lowest BCUT2D eigenvalue weighted by molar-refractivity contribution is 0.398. The van der Waals surface area contributed by atoms with Gasteiger partial charge in [-0.15, -0.1) is 0 Å². The summed E-state index contributed by atoms with van der Waals surface area (Å²) in [5.74, 6) is 0.558. The molecule has 0 fully saturated rings. The van der Waals surface area contributed by atoms with Crippen molar-refractivity contribution in [2.75, 3.05) is 0 Å². The standard InChI is InChI=1S/C19H14ClN3O/c1-23-8-7-13-16(23)6-5-14-17(11-3-2-4-12(20)9-11)15(10-21)19(22)24-18(13)14/h2-9,17H,22H2,1H3. The van der Waals surface area contributed by atoms with Gasteiger partial charge in [-0.25, -0.2) is 0 Å². The average Bonchev–Trinajstić information content (AvgIpc) is 2.95. The monoisotopic (exact) mass is 335 g/mol. The number of rotatable bonds is 1. The number of nitriles is 1. The number of benzene rings is 2. The van der Waals surface area contributed by atoms with Gasteiger partial charge in [0.2, 0.25) is 5.88 Å². The van der Waals surface area contributed by atoms with Gasteiger partial charge in [-0.3, -0.25) is 0 Å². The van der Waals surface area contributed by atoms with Crippen molar-refractivity contribution in [2.45, 2.75) is 5.92 Å². The molecule has 118 valence electrons. The number of ether oxygens (including phenoxy) is 1. The van der Waals surface area contributed by atoms with Crippen LogP contribution < -0.4 is 10.5 Å². The summed E-state index contributed by atoms with van der Waals surface area (Å²) in [5.41, 5.74) is 9.35. The van der Waals surface area contributed by atoms with Gasteiger partial charge in [-0.2, -0.15) is 5.26 Å². The van der Waals surface area contributed by atoms with E-state index in [9.17, 15) is 5.26 Å². The number of hydrogen-bond donors (Lipinski definition) is 1. The van der Waals surface area contributed by atoms with Gasteiger partial charge in [0.1, 0.15) is 17.4 Å². The molecule has 5 heteroatoms. The van der Waals surface area contributed by atoms with Crippen LogP contribution in [-0.4, -0.2) is 4.57 Å². The van der Waals surface area contributed by atoms with Gasteiger partial charge < -0.3 is 15.0 Å². The van der Waals surface area contributed by atoms with Crippen LogP contribution in [0.3, 0.4) is 0 Å². The predicted octanol–water partition coefficient (Wildman–Crippen LogP) is 4.05. The lowest BCUT2D eigenvalue weighted by Crippen LogP contribution is -2.21. The van der Waals surface area contributed by atoms with Crippen LogP contribution in [0.25, 0.3) is 10.9 Å². The van der Waals surface area contributed by atoms with E-state index in [-0.39, 0.29) is 11.8 Å². The maximum Gasteiger partial charge on any atom is 0.205 e. The van der Waals surface area contributed by atoms with Crippen LogP contribution in [0.4, 0.5) is 0 Å². The van der Waals surface area contributed by atoms with Crippen molar-refractivity contribution >= 4 is 22.5 Å². The van der Waals surface area contributed by atoms with E-state index in [1.807, 2.05) is 60.3 Å². The molecule has 0 amide bonds. The van der Waals surface area contributed by atoms with Crippen molar-refractivity contribution in [1.82, 2.24) is 4.57 Å². The van der Waals surface area contributed by atoms with Gasteiger partial charge in [0.05, 0.1) is 11.4 Å². The Morgan fingerprint density at radius 3 is 2.83 bits per heavy atom. The van der Waals surface area contributed by atoms with Gasteiger partial charge in [0.15, 0.2) is 0 Å². The molecule has 0 radical (unpaired) electrons. The lowest BCUT2D eigenvalue weighted by Gasteiger charge is -2.27. The Labute approximate surface area is 144 Å². The third-order valence-electron chi connectivity index (χ3n) is 4.43. The molecule has 4 rings (SSSR count). The summed E-state index contributed by atoms with van der Waals surface area (Å²) in [5, 5.41) is 11.2. The minimum absolute atomic E-state index is 0.145. The molecule has 4 nitrogen and oxygen atoms in total. The summed E-state index contributed by atoms with van der Waals surface area (Å²) < 4.78 is 7.85. The zero-order valence-corrected chi connectivity index (χ0v) is 13.7. The molecule has 2 aromatic carbocycles. The van der Waals surface area contributed by atoms with Crippen LogP contribution in [0.2, 0.25) is 5.02 Å². The molecule has 0 saturated carbocycles. The molecule has 3 aromatic rings. The summed E-state index contributed by atoms with van der Waals surface area (Å²) >= 11 is 6.15. The molecule has 0 saturated heterocycles. The van der Waals surface area contributed by atoms with Gasteiger partial charge in [-0.05, 0) is 29.8 Å². The Kier molecular flexibility index (Phi) is 3.26. The van der Waals surface area contributed by atoms with Crippen molar-refractivity contribution < 1.29 is 4.74 Å². The zero-order valence-electron chi connectivity index (χ0n) is 13.0. The number of fused-ring (bicyclic) bond motifs is 3. The van der Waals surface area contributed by atoms with E-state index in [0.717, 1.165) is 22.0 Å². The van der Waals surface area contributed by atoms with E-state index >= 15 is 0 Å². The highest BCUT2D eigenvalue weighted by molar-refractivity contribution is 6.30. The Balaban J connectivity index is 2.02. The van der Waals surface area contributed by atoms with E-state index in [4.69, 9.17) is 22.1 Å². The minimum Gasteiger partial charge on any atom is -0.439 e. The summed E-state index contributed by atoms with van der Waals surface area (Å²) in [6.07, 6.45) is 1.97. The van der Waals surface area contributed by atoms with E-state index < -0.39 is 0 Å². The van der Waals surface area contributed by atoms with E-state index in [2.05, 4.69) is 6.07 Å². The van der Waals surface area contributed by atoms with Crippen LogP contribution >= 0.6 is 11.6 Å². The average molecular weight is 336 g/mol. The molecule has 0 aliphatic carbocycles. The molecule has 1 aliphatic heterocycles. The first-order valence-electron chi connectivity index (χ1n) is 7.51. The molecule has 24 heavy (non-hydrogen) atoms. The van der Waals surface area contributed by atoms with Gasteiger partial charge >= 0.3 is 0 Å². The first-order valence-corrected chi connectivity index (χ1v) is 7.89. The maximum absolute atomic E-state index is 9.60. The molecule has 1 aliphatic rings. The Morgan fingerprint density at radius 2 is 2.08 bits per heavy atom. The third-order valence-corrected chi connectivity index (χ3v) is 4.66. The Hall–Kier alpha value is -2.90. The molecule has 2 heterocycles. The van der Waals surface area contributed by atoms with Crippen molar-refractivity contribution in [2.24, 2.45) is 12.8 Å². The number of aromatic nitrogens is 1. The number of aryl methyl sites for hydroxylation is 1. The fourth-order valence-electron chi connectivity index (χ4n) is 3.30. The third kappa shape index (κ3) is 2.06. The van der Waals surface area contributed by atoms with Crippen molar-refractivity contribution in [3.63, 3.8) is 0 Å². The Bertz CT molecular complexity index is 1040. The molecular formula is C19H14ClN3O. The normalized spacial score (nSPS) is 16.6. The fraction of sp³-hybridized carbons (Fsp3) is 0.105. The van der Waals surface area contributed by atoms with Crippen LogP contribution in [0.5, 0.6) is 5.75 Å². The van der Waals surface area contributed by atoms with E-state index in [0.29, 0.717) is 16.3 Å². The fourth-order valence-corrected chi connectivity index (χ4v) is 3.50. The maximum atomic E-state index is 9.60. The van der Waals surface area contributed by atoms with Crippen LogP contribution in [0.15, 0.2) is 60.1 Å². The van der Waals surface area contributed by atoms with Gasteiger partial charge in [0.25, 0.3) is 0 Å². The molecule has 2 N–H and O–H groups in total. The number of allylic oxidation sites excluding steroid dienone is 1. The van der Waals surface area contributed by atoms with Crippen molar-refractivity contribution in [3.05, 3.63) is 76.3 Å². The van der Waals surface area contributed by atoms with E-state index in [1.54, 1.807) is 0 Å². The summed E-state index contributed by atoms with van der Waals surface area (Å²) in [4.78, 5) is 0. The van der Waals surface area contributed by atoms with Gasteiger partial charge in [-0.1, -0.05) is 29.8 Å². The smallest absolute Gasteiger partial charge is 0.205 e. The number of halogens is 1. The second-order valence-electron chi connectivity index (χ2n) is 5.82. The predicted molar refractivity (Wildman–Crippen MR) is 93.7 cm³/mol. The molecule has 1 atom stereocenters. The highest BCUT2D eigenvalue weighted by Crippen LogP contribution is 2.45. The summed E-state index contributed by atoms with van der Waals surface area (Å²) in [6.45, 7) is 0. The van der Waals surface area contributed by atoms with Crippen LogP contribution in [0, 0.1) is 11.3 Å². The largest absolute Gasteiger partial charge is 0.439 e. The number of nitrogens with zero attached hydrogens (tertiary/aromatic N) is 2. The van der Waals surface area contributed by atoms with Crippen LogP contribution in [0.1, 0.15) is 17.0 Å². The SMILES string of the molecule is Cn1ccc2c3c(ccc21)C(c1cccc(Cl)c1)C(C#N)=C(N)O3. The molecule has 0 spiro atoms. The zero-order chi connectivity index (χ0) is 16.8. The quantitative estimate of drug-likeness (QED) is 0.729. The molecule has 1 aromatic heterocycles. The summed E-state index contributed by atoms with van der Waals surface area (Å²) in [7, 11) is 1.98. The first-order chi connectivity index (χ1) is 11.6. The minimum atomic E-state index is -0.290. The lowest BCUT2D eigenvalue weighted by atomic mass is 9.83. The second-order valence-corrected chi connectivity index (χ2v) is 6.26. The highest BCUT2D eigenvalue weighted by atomic mass is 35.5. The highest BCUT2D eigenvalue weighted by Gasteiger charge is 2.32. The number of hydrogen-bond acceptors (Lipinski definition) is 3. The van der Waals surface area contributed by atoms with Gasteiger partial charge in [0, 0.05) is 29.2 Å². The first kappa shape index (κ1) is 14.7. The van der Waals surface area contributed by atoms with E-state index in [1.165, 1.54) is 0 Å². The van der Waals surface area contributed by atoms with Crippen molar-refractivity contribution in [1.29, 1.82) is 5.26 Å². The second kappa shape index (κ2) is 5.33. The topological polar surface area (TPSA) is 64.0 Å². The molecule has 1 unspecified atom stereocenters. The molecular weight excluding hydrogens is 322 g/mol.